The Balaban J connectivity index is 1.71. The third-order valence-corrected chi connectivity index (χ3v) is 3.74. The fraction of sp³-hybridized carbons (Fsp3) is 0.167. The summed E-state index contributed by atoms with van der Waals surface area (Å²) in [6, 6.07) is 11.6. The molecule has 8 heteroatoms. The smallest absolute Gasteiger partial charge is 0.346 e. The van der Waals surface area contributed by atoms with Crippen LogP contribution in [-0.4, -0.2) is 20.7 Å². The molecule has 1 aromatic carbocycles. The number of hydrogen-bond donors (Lipinski definition) is 1. The number of hydrogen-bond acceptors (Lipinski definition) is 3. The second kappa shape index (κ2) is 6.99. The second-order valence-electron chi connectivity index (χ2n) is 5.62. The third-order valence-electron chi connectivity index (χ3n) is 3.74. The quantitative estimate of drug-likeness (QED) is 0.775. The van der Waals surface area contributed by atoms with Crippen molar-refractivity contribution in [1.82, 2.24) is 20.1 Å². The fourth-order valence-corrected chi connectivity index (χ4v) is 2.48. The number of aryl methyl sites for hydroxylation is 1. The van der Waals surface area contributed by atoms with E-state index in [2.05, 4.69) is 15.4 Å². The molecule has 0 saturated heterocycles. The minimum absolute atomic E-state index is 0.0549. The van der Waals surface area contributed by atoms with Crippen LogP contribution in [-0.2, 0) is 19.8 Å². The van der Waals surface area contributed by atoms with E-state index < -0.39 is 17.6 Å². The Labute approximate surface area is 147 Å². The highest BCUT2D eigenvalue weighted by molar-refractivity contribution is 5.94. The van der Waals surface area contributed by atoms with Crippen LogP contribution in [0.25, 0.3) is 11.4 Å². The molecule has 134 valence electrons. The van der Waals surface area contributed by atoms with Gasteiger partial charge in [0.1, 0.15) is 0 Å². The zero-order valence-electron chi connectivity index (χ0n) is 13.8. The highest BCUT2D eigenvalue weighted by Gasteiger charge is 2.30. The van der Waals surface area contributed by atoms with Gasteiger partial charge in [-0.05, 0) is 36.4 Å². The van der Waals surface area contributed by atoms with Crippen LogP contribution >= 0.6 is 0 Å². The van der Waals surface area contributed by atoms with Crippen molar-refractivity contribution in [2.45, 2.75) is 12.7 Å². The summed E-state index contributed by atoms with van der Waals surface area (Å²) in [5, 5.41) is 6.87. The largest absolute Gasteiger partial charge is 0.416 e. The van der Waals surface area contributed by atoms with Crippen LogP contribution in [0.1, 0.15) is 21.6 Å². The molecule has 0 aliphatic rings. The summed E-state index contributed by atoms with van der Waals surface area (Å²) in [6.45, 7) is 0.0930. The predicted octanol–water partition coefficient (Wildman–Crippen LogP) is 3.43. The maximum absolute atomic E-state index is 12.7. The van der Waals surface area contributed by atoms with Crippen LogP contribution in [0.2, 0.25) is 0 Å². The Morgan fingerprint density at radius 1 is 1.15 bits per heavy atom. The van der Waals surface area contributed by atoms with Gasteiger partial charge in [-0.2, -0.15) is 18.3 Å². The maximum atomic E-state index is 12.7. The molecule has 0 unspecified atom stereocenters. The van der Waals surface area contributed by atoms with Gasteiger partial charge in [-0.15, -0.1) is 0 Å². The van der Waals surface area contributed by atoms with Crippen molar-refractivity contribution in [1.29, 1.82) is 0 Å². The Kier molecular flexibility index (Phi) is 4.75. The summed E-state index contributed by atoms with van der Waals surface area (Å²) < 4.78 is 39.9. The molecular weight excluding hydrogens is 345 g/mol. The summed E-state index contributed by atoms with van der Waals surface area (Å²) >= 11 is 0. The van der Waals surface area contributed by atoms with Crippen LogP contribution in [0, 0.1) is 0 Å². The lowest BCUT2D eigenvalue weighted by Crippen LogP contribution is -2.23. The van der Waals surface area contributed by atoms with Crippen LogP contribution in [0.15, 0.2) is 54.7 Å². The minimum atomic E-state index is -4.49. The van der Waals surface area contributed by atoms with Crippen LogP contribution in [0.5, 0.6) is 0 Å². The second-order valence-corrected chi connectivity index (χ2v) is 5.62. The first-order valence-electron chi connectivity index (χ1n) is 7.74. The molecule has 0 fully saturated rings. The van der Waals surface area contributed by atoms with Gasteiger partial charge in [-0.3, -0.25) is 14.5 Å². The summed E-state index contributed by atoms with van der Waals surface area (Å²) in [6.07, 6.45) is -2.83. The number of aromatic nitrogens is 3. The predicted molar refractivity (Wildman–Crippen MR) is 89.1 cm³/mol. The Morgan fingerprint density at radius 2 is 1.96 bits per heavy atom. The van der Waals surface area contributed by atoms with Crippen molar-refractivity contribution in [2.75, 3.05) is 0 Å². The van der Waals surface area contributed by atoms with Gasteiger partial charge in [-0.25, -0.2) is 0 Å². The number of amides is 1. The molecule has 0 bridgehead atoms. The molecule has 0 aliphatic carbocycles. The maximum Gasteiger partial charge on any atom is 0.416 e. The van der Waals surface area contributed by atoms with E-state index >= 15 is 0 Å². The summed E-state index contributed by atoms with van der Waals surface area (Å²) in [5.41, 5.74) is 1.17. The van der Waals surface area contributed by atoms with E-state index in [1.807, 2.05) is 12.1 Å². The summed E-state index contributed by atoms with van der Waals surface area (Å²) in [7, 11) is 1.75. The van der Waals surface area contributed by atoms with Crippen molar-refractivity contribution in [3.05, 3.63) is 71.5 Å². The Hall–Kier alpha value is -3.16. The van der Waals surface area contributed by atoms with Crippen molar-refractivity contribution in [3.8, 4) is 11.4 Å². The molecule has 3 rings (SSSR count). The third kappa shape index (κ3) is 3.90. The molecule has 0 saturated carbocycles. The number of benzene rings is 1. The fourth-order valence-electron chi connectivity index (χ4n) is 2.48. The van der Waals surface area contributed by atoms with Gasteiger partial charge < -0.3 is 5.32 Å². The van der Waals surface area contributed by atoms with Crippen molar-refractivity contribution in [3.63, 3.8) is 0 Å². The molecule has 1 N–H and O–H groups in total. The molecule has 0 spiro atoms. The lowest BCUT2D eigenvalue weighted by Gasteiger charge is -2.08. The Bertz CT molecular complexity index is 920. The molecular formula is C18H15F3N4O. The Morgan fingerprint density at radius 3 is 2.65 bits per heavy atom. The van der Waals surface area contributed by atoms with Crippen molar-refractivity contribution < 1.29 is 18.0 Å². The van der Waals surface area contributed by atoms with E-state index in [0.717, 1.165) is 23.5 Å². The summed E-state index contributed by atoms with van der Waals surface area (Å²) in [4.78, 5) is 16.4. The number of alkyl halides is 3. The molecule has 3 aromatic rings. The molecule has 0 aliphatic heterocycles. The number of rotatable bonds is 4. The molecule has 26 heavy (non-hydrogen) atoms. The van der Waals surface area contributed by atoms with Gasteiger partial charge >= 0.3 is 6.18 Å². The average molecular weight is 360 g/mol. The van der Waals surface area contributed by atoms with Gasteiger partial charge in [0.05, 0.1) is 29.2 Å². The number of carbonyl (C=O) groups is 1. The van der Waals surface area contributed by atoms with Gasteiger partial charge in [0.2, 0.25) is 0 Å². The van der Waals surface area contributed by atoms with E-state index in [1.54, 1.807) is 30.1 Å². The van der Waals surface area contributed by atoms with Crippen molar-refractivity contribution in [2.24, 2.45) is 7.05 Å². The first-order chi connectivity index (χ1) is 12.3. The minimum Gasteiger partial charge on any atom is -0.346 e. The molecule has 1 amide bonds. The highest BCUT2D eigenvalue weighted by atomic mass is 19.4. The van der Waals surface area contributed by atoms with Gasteiger partial charge in [0.25, 0.3) is 5.91 Å². The first-order valence-corrected chi connectivity index (χ1v) is 7.74. The zero-order valence-corrected chi connectivity index (χ0v) is 13.8. The van der Waals surface area contributed by atoms with E-state index in [-0.39, 0.29) is 12.1 Å². The number of pyridine rings is 1. The van der Waals surface area contributed by atoms with Gasteiger partial charge in [-0.1, -0.05) is 12.1 Å². The molecule has 2 heterocycles. The van der Waals surface area contributed by atoms with Crippen LogP contribution in [0.3, 0.4) is 0 Å². The number of halogens is 3. The topological polar surface area (TPSA) is 59.8 Å². The summed E-state index contributed by atoms with van der Waals surface area (Å²) in [5.74, 6) is -0.596. The van der Waals surface area contributed by atoms with Gasteiger partial charge in [0, 0.05) is 18.8 Å². The van der Waals surface area contributed by atoms with Crippen LogP contribution in [0.4, 0.5) is 13.2 Å². The number of carbonyl (C=O) groups excluding carboxylic acids is 1. The monoisotopic (exact) mass is 360 g/mol. The lowest BCUT2D eigenvalue weighted by molar-refractivity contribution is -0.137. The first kappa shape index (κ1) is 17.7. The molecule has 0 radical (unpaired) electrons. The number of nitrogens with one attached hydrogen (secondary N) is 1. The normalized spacial score (nSPS) is 11.4. The standard InChI is InChI=1S/C18H15F3N4O/c1-25-16(15-7-2-3-8-22-15)10-14(24-25)11-23-17(26)12-5-4-6-13(9-12)18(19,20)21/h2-10H,11H2,1H3,(H,23,26). The highest BCUT2D eigenvalue weighted by Crippen LogP contribution is 2.29. The van der Waals surface area contributed by atoms with E-state index in [1.165, 1.54) is 12.1 Å². The molecule has 0 atom stereocenters. The van der Waals surface area contributed by atoms with Gasteiger partial charge in [0.15, 0.2) is 0 Å². The van der Waals surface area contributed by atoms with Crippen LogP contribution < -0.4 is 5.32 Å². The SMILES string of the molecule is Cn1nc(CNC(=O)c2cccc(C(F)(F)F)c2)cc1-c1ccccn1. The molecule has 5 nitrogen and oxygen atoms in total. The molecule has 2 aromatic heterocycles. The average Bonchev–Trinajstić information content (AvgIpc) is 3.00. The van der Waals surface area contributed by atoms with E-state index in [0.29, 0.717) is 5.69 Å². The van der Waals surface area contributed by atoms with E-state index in [9.17, 15) is 18.0 Å². The lowest BCUT2D eigenvalue weighted by atomic mass is 10.1. The number of nitrogens with zero attached hydrogens (tertiary/aromatic N) is 3. The van der Waals surface area contributed by atoms with Crippen molar-refractivity contribution >= 4 is 5.91 Å². The zero-order chi connectivity index (χ0) is 18.7. The van der Waals surface area contributed by atoms with E-state index in [4.69, 9.17) is 0 Å².